The lowest BCUT2D eigenvalue weighted by molar-refractivity contribution is -0.122. The molecule has 1 aromatic rings. The van der Waals surface area contributed by atoms with E-state index >= 15 is 0 Å². The number of carbonyl (C=O) groups excluding carboxylic acids is 1. The van der Waals surface area contributed by atoms with Crippen LogP contribution in [0.5, 0.6) is 0 Å². The number of rotatable bonds is 7. The smallest absolute Gasteiger partial charge is 0.223 e. The molecular weight excluding hydrogens is 228 g/mol. The summed E-state index contributed by atoms with van der Waals surface area (Å²) >= 11 is 0. The molecule has 1 aromatic heterocycles. The zero-order valence-corrected chi connectivity index (χ0v) is 10.6. The molecule has 0 saturated heterocycles. The van der Waals surface area contributed by atoms with E-state index in [4.69, 9.17) is 0 Å². The summed E-state index contributed by atoms with van der Waals surface area (Å²) in [4.78, 5) is 15.6. The minimum atomic E-state index is 0.222. The maximum absolute atomic E-state index is 11.4. The monoisotopic (exact) mass is 248 g/mol. The van der Waals surface area contributed by atoms with Crippen LogP contribution in [0.4, 0.5) is 0 Å². The summed E-state index contributed by atoms with van der Waals surface area (Å²) in [6, 6.07) is 0.680. The van der Waals surface area contributed by atoms with E-state index in [2.05, 4.69) is 20.2 Å². The Morgan fingerprint density at radius 1 is 1.33 bits per heavy atom. The molecule has 5 nitrogen and oxygen atoms in total. The van der Waals surface area contributed by atoms with E-state index in [1.807, 2.05) is 12.5 Å². The molecule has 5 heteroatoms. The van der Waals surface area contributed by atoms with Gasteiger partial charge in [-0.1, -0.05) is 0 Å². The van der Waals surface area contributed by atoms with Gasteiger partial charge in [0.05, 0.1) is 12.0 Å². The van der Waals surface area contributed by atoms with Crippen molar-refractivity contribution in [3.8, 4) is 0 Å². The van der Waals surface area contributed by atoms with Gasteiger partial charge in [-0.25, -0.2) is 4.98 Å². The summed E-state index contributed by atoms with van der Waals surface area (Å²) in [6.07, 6.45) is 8.54. The highest BCUT2D eigenvalue weighted by molar-refractivity contribution is 5.80. The molecule has 1 amide bonds. The molecule has 2 aliphatic carbocycles. The van der Waals surface area contributed by atoms with Crippen LogP contribution in [0.1, 0.15) is 37.4 Å². The van der Waals surface area contributed by atoms with Crippen molar-refractivity contribution in [2.75, 3.05) is 13.1 Å². The Bertz CT molecular complexity index is 420. The summed E-state index contributed by atoms with van der Waals surface area (Å²) in [6.45, 7) is 2.36. The zero-order chi connectivity index (χ0) is 12.4. The lowest BCUT2D eigenvalue weighted by atomic mass is 10.4. The molecule has 0 bridgehead atoms. The summed E-state index contributed by atoms with van der Waals surface area (Å²) in [5, 5.41) is 6.30. The molecule has 1 heterocycles. The third kappa shape index (κ3) is 2.90. The molecule has 0 aromatic carbocycles. The number of hydrogen-bond donors (Lipinski definition) is 2. The summed E-state index contributed by atoms with van der Waals surface area (Å²) in [5.74, 6) is 0.529. The van der Waals surface area contributed by atoms with Crippen LogP contribution in [-0.2, 0) is 11.3 Å². The van der Waals surface area contributed by atoms with Gasteiger partial charge < -0.3 is 15.2 Å². The maximum Gasteiger partial charge on any atom is 0.223 e. The van der Waals surface area contributed by atoms with Crippen molar-refractivity contribution in [3.63, 3.8) is 0 Å². The maximum atomic E-state index is 11.4. The second kappa shape index (κ2) is 5.10. The lowest BCUT2D eigenvalue weighted by Gasteiger charge is -2.08. The molecule has 0 atom stereocenters. The Morgan fingerprint density at radius 3 is 2.89 bits per heavy atom. The van der Waals surface area contributed by atoms with Crippen LogP contribution in [-0.4, -0.2) is 28.5 Å². The average Bonchev–Trinajstić information content (AvgIpc) is 3.27. The van der Waals surface area contributed by atoms with Gasteiger partial charge in [0.1, 0.15) is 0 Å². The van der Waals surface area contributed by atoms with E-state index in [0.717, 1.165) is 25.9 Å². The third-order valence-corrected chi connectivity index (χ3v) is 3.54. The van der Waals surface area contributed by atoms with Crippen LogP contribution in [0, 0.1) is 5.92 Å². The fourth-order valence-corrected chi connectivity index (χ4v) is 2.13. The SMILES string of the molecule is O=C(NCCNCc1cncn1C1CC1)C1CC1. The first-order valence-corrected chi connectivity index (χ1v) is 6.84. The van der Waals surface area contributed by atoms with Gasteiger partial charge in [0.15, 0.2) is 0 Å². The number of hydrogen-bond acceptors (Lipinski definition) is 3. The molecule has 0 radical (unpaired) electrons. The summed E-state index contributed by atoms with van der Waals surface area (Å²) in [7, 11) is 0. The Hall–Kier alpha value is -1.36. The second-order valence-electron chi connectivity index (χ2n) is 5.27. The normalized spacial score (nSPS) is 18.9. The van der Waals surface area contributed by atoms with Crippen molar-refractivity contribution in [2.24, 2.45) is 5.92 Å². The van der Waals surface area contributed by atoms with E-state index < -0.39 is 0 Å². The molecule has 98 valence electrons. The Balaban J connectivity index is 1.33. The number of nitrogens with one attached hydrogen (secondary N) is 2. The van der Waals surface area contributed by atoms with Crippen molar-refractivity contribution in [2.45, 2.75) is 38.3 Å². The number of amides is 1. The Kier molecular flexibility index (Phi) is 3.32. The van der Waals surface area contributed by atoms with Crippen LogP contribution in [0.2, 0.25) is 0 Å². The van der Waals surface area contributed by atoms with Gasteiger partial charge >= 0.3 is 0 Å². The van der Waals surface area contributed by atoms with E-state index in [1.54, 1.807) is 0 Å². The molecule has 2 fully saturated rings. The minimum absolute atomic E-state index is 0.222. The summed E-state index contributed by atoms with van der Waals surface area (Å²) < 4.78 is 2.26. The van der Waals surface area contributed by atoms with Crippen molar-refractivity contribution in [1.29, 1.82) is 0 Å². The van der Waals surface area contributed by atoms with Gasteiger partial charge in [0, 0.05) is 37.8 Å². The first kappa shape index (κ1) is 11.7. The highest BCUT2D eigenvalue weighted by Crippen LogP contribution is 2.35. The molecule has 0 aliphatic heterocycles. The topological polar surface area (TPSA) is 59.0 Å². The van der Waals surface area contributed by atoms with Gasteiger partial charge in [-0.15, -0.1) is 0 Å². The number of nitrogens with zero attached hydrogens (tertiary/aromatic N) is 2. The van der Waals surface area contributed by atoms with Crippen LogP contribution >= 0.6 is 0 Å². The highest BCUT2D eigenvalue weighted by Gasteiger charge is 2.29. The second-order valence-corrected chi connectivity index (χ2v) is 5.27. The van der Waals surface area contributed by atoms with Crippen LogP contribution < -0.4 is 10.6 Å². The lowest BCUT2D eigenvalue weighted by Crippen LogP contribution is -2.32. The predicted octanol–water partition coefficient (Wildman–Crippen LogP) is 0.834. The van der Waals surface area contributed by atoms with Crippen LogP contribution in [0.25, 0.3) is 0 Å². The number of imidazole rings is 1. The summed E-state index contributed by atoms with van der Waals surface area (Å²) in [5.41, 5.74) is 1.24. The van der Waals surface area contributed by atoms with Gasteiger partial charge in [0.2, 0.25) is 5.91 Å². The third-order valence-electron chi connectivity index (χ3n) is 3.54. The highest BCUT2D eigenvalue weighted by atomic mass is 16.2. The van der Waals surface area contributed by atoms with E-state index in [-0.39, 0.29) is 5.91 Å². The molecule has 2 saturated carbocycles. The fourth-order valence-electron chi connectivity index (χ4n) is 2.13. The molecule has 2 N–H and O–H groups in total. The van der Waals surface area contributed by atoms with Crippen molar-refractivity contribution >= 4 is 5.91 Å². The van der Waals surface area contributed by atoms with E-state index in [0.29, 0.717) is 18.5 Å². The quantitative estimate of drug-likeness (QED) is 0.703. The van der Waals surface area contributed by atoms with Crippen molar-refractivity contribution in [1.82, 2.24) is 20.2 Å². The standard InChI is InChI=1S/C13H20N4O/c18-13(10-1-2-10)16-6-5-14-7-12-8-15-9-17(12)11-3-4-11/h8-11,14H,1-7H2,(H,16,18). The van der Waals surface area contributed by atoms with Gasteiger partial charge in [-0.05, 0) is 25.7 Å². The average molecular weight is 248 g/mol. The molecule has 18 heavy (non-hydrogen) atoms. The number of aromatic nitrogens is 2. The van der Waals surface area contributed by atoms with E-state index in [1.165, 1.54) is 18.5 Å². The molecule has 2 aliphatic rings. The van der Waals surface area contributed by atoms with Crippen LogP contribution in [0.15, 0.2) is 12.5 Å². The Morgan fingerprint density at radius 2 is 2.17 bits per heavy atom. The van der Waals surface area contributed by atoms with Crippen molar-refractivity contribution < 1.29 is 4.79 Å². The molecule has 0 spiro atoms. The molecule has 0 unspecified atom stereocenters. The van der Waals surface area contributed by atoms with E-state index in [9.17, 15) is 4.79 Å². The first-order chi connectivity index (χ1) is 8.84. The fraction of sp³-hybridized carbons (Fsp3) is 0.692. The molecular formula is C13H20N4O. The zero-order valence-electron chi connectivity index (χ0n) is 10.6. The largest absolute Gasteiger partial charge is 0.355 e. The molecule has 3 rings (SSSR count). The van der Waals surface area contributed by atoms with Gasteiger partial charge in [-0.3, -0.25) is 4.79 Å². The number of carbonyl (C=O) groups is 1. The predicted molar refractivity (Wildman–Crippen MR) is 67.9 cm³/mol. The first-order valence-electron chi connectivity index (χ1n) is 6.84. The van der Waals surface area contributed by atoms with Gasteiger partial charge in [0.25, 0.3) is 0 Å². The minimum Gasteiger partial charge on any atom is -0.355 e. The van der Waals surface area contributed by atoms with Gasteiger partial charge in [-0.2, -0.15) is 0 Å². The Labute approximate surface area is 107 Å². The van der Waals surface area contributed by atoms with Crippen molar-refractivity contribution in [3.05, 3.63) is 18.2 Å². The van der Waals surface area contributed by atoms with Crippen LogP contribution in [0.3, 0.4) is 0 Å².